The third-order valence-electron chi connectivity index (χ3n) is 3.87. The summed E-state index contributed by atoms with van der Waals surface area (Å²) in [6, 6.07) is 6.80. The molecule has 0 aliphatic rings. The van der Waals surface area contributed by atoms with E-state index in [0.717, 1.165) is 25.9 Å². The molecule has 0 aliphatic heterocycles. The molecule has 0 atom stereocenters. The first-order chi connectivity index (χ1) is 9.19. The molecule has 0 saturated heterocycles. The molecule has 0 unspecified atom stereocenters. The average Bonchev–Trinajstić information content (AvgIpc) is 2.64. The lowest BCUT2D eigenvalue weighted by Crippen LogP contribution is -2.04. The van der Waals surface area contributed by atoms with Crippen LogP contribution in [0.4, 0.5) is 0 Å². The summed E-state index contributed by atoms with van der Waals surface area (Å²) < 4.78 is 2.44. The Morgan fingerprint density at radius 3 is 2.79 bits per heavy atom. The van der Waals surface area contributed by atoms with Gasteiger partial charge in [0.2, 0.25) is 0 Å². The number of rotatable bonds is 6. The molecule has 2 rings (SSSR count). The number of hydrogen-bond donors (Lipinski definition) is 1. The van der Waals surface area contributed by atoms with Crippen molar-refractivity contribution in [1.82, 2.24) is 9.88 Å². The lowest BCUT2D eigenvalue weighted by atomic mass is 10.1. The third-order valence-corrected chi connectivity index (χ3v) is 3.87. The van der Waals surface area contributed by atoms with Crippen LogP contribution in [0.15, 0.2) is 30.9 Å². The molecule has 1 N–H and O–H groups in total. The SMILES string of the molecule is C=CCCCn1c(C)c(C)c2cc(CNC)ccc21. The topological polar surface area (TPSA) is 17.0 Å². The number of nitrogens with one attached hydrogen (secondary N) is 1. The molecule has 0 amide bonds. The van der Waals surface area contributed by atoms with Crippen LogP contribution in [0.1, 0.15) is 29.7 Å². The maximum absolute atomic E-state index is 3.80. The summed E-state index contributed by atoms with van der Waals surface area (Å²) in [7, 11) is 1.99. The van der Waals surface area contributed by atoms with Gasteiger partial charge in [-0.2, -0.15) is 0 Å². The highest BCUT2D eigenvalue weighted by Gasteiger charge is 2.10. The molecule has 2 aromatic rings. The average molecular weight is 256 g/mol. The summed E-state index contributed by atoms with van der Waals surface area (Å²) in [5.41, 5.74) is 5.51. The number of benzene rings is 1. The van der Waals surface area contributed by atoms with Crippen molar-refractivity contribution in [3.63, 3.8) is 0 Å². The largest absolute Gasteiger partial charge is 0.345 e. The molecule has 1 aromatic carbocycles. The number of hydrogen-bond acceptors (Lipinski definition) is 1. The lowest BCUT2D eigenvalue weighted by molar-refractivity contribution is 0.655. The Labute approximate surface area is 116 Å². The van der Waals surface area contributed by atoms with Crippen molar-refractivity contribution >= 4 is 10.9 Å². The summed E-state index contributed by atoms with van der Waals surface area (Å²) >= 11 is 0. The molecule has 0 radical (unpaired) electrons. The minimum atomic E-state index is 0.927. The monoisotopic (exact) mass is 256 g/mol. The second kappa shape index (κ2) is 6.07. The Balaban J connectivity index is 2.41. The summed E-state index contributed by atoms with van der Waals surface area (Å²) in [6.07, 6.45) is 4.24. The predicted octanol–water partition coefficient (Wildman–Crippen LogP) is 3.94. The Morgan fingerprint density at radius 2 is 2.11 bits per heavy atom. The minimum absolute atomic E-state index is 0.927. The van der Waals surface area contributed by atoms with Crippen molar-refractivity contribution in [1.29, 1.82) is 0 Å². The van der Waals surface area contributed by atoms with Gasteiger partial charge in [-0.05, 0) is 57.0 Å². The Bertz CT molecular complexity index is 578. The molecule has 0 saturated carbocycles. The van der Waals surface area contributed by atoms with Gasteiger partial charge >= 0.3 is 0 Å². The van der Waals surface area contributed by atoms with Crippen molar-refractivity contribution in [3.05, 3.63) is 47.7 Å². The number of aryl methyl sites for hydroxylation is 2. The first-order valence-electron chi connectivity index (χ1n) is 7.03. The van der Waals surface area contributed by atoms with E-state index in [1.165, 1.54) is 27.7 Å². The van der Waals surface area contributed by atoms with Gasteiger partial charge < -0.3 is 9.88 Å². The fourth-order valence-corrected chi connectivity index (χ4v) is 2.69. The zero-order chi connectivity index (χ0) is 13.8. The molecule has 2 nitrogen and oxygen atoms in total. The van der Waals surface area contributed by atoms with Crippen LogP contribution in [0, 0.1) is 13.8 Å². The molecule has 0 aliphatic carbocycles. The number of fused-ring (bicyclic) bond motifs is 1. The van der Waals surface area contributed by atoms with E-state index in [-0.39, 0.29) is 0 Å². The normalized spacial score (nSPS) is 11.1. The second-order valence-electron chi connectivity index (χ2n) is 5.17. The minimum Gasteiger partial charge on any atom is -0.345 e. The van der Waals surface area contributed by atoms with E-state index in [2.05, 4.69) is 48.5 Å². The van der Waals surface area contributed by atoms with Gasteiger partial charge in [-0.1, -0.05) is 12.1 Å². The van der Waals surface area contributed by atoms with Gasteiger partial charge in [0, 0.05) is 29.7 Å². The van der Waals surface area contributed by atoms with E-state index < -0.39 is 0 Å². The highest BCUT2D eigenvalue weighted by atomic mass is 15.0. The predicted molar refractivity (Wildman–Crippen MR) is 83.6 cm³/mol. The summed E-state index contributed by atoms with van der Waals surface area (Å²) in [6.45, 7) is 10.3. The summed E-state index contributed by atoms with van der Waals surface area (Å²) in [5.74, 6) is 0. The highest BCUT2D eigenvalue weighted by molar-refractivity contribution is 5.86. The molecule has 0 bridgehead atoms. The van der Waals surface area contributed by atoms with E-state index >= 15 is 0 Å². The maximum atomic E-state index is 3.80. The van der Waals surface area contributed by atoms with Crippen LogP contribution in [0.2, 0.25) is 0 Å². The van der Waals surface area contributed by atoms with Gasteiger partial charge in [0.05, 0.1) is 0 Å². The summed E-state index contributed by atoms with van der Waals surface area (Å²) in [4.78, 5) is 0. The quantitative estimate of drug-likeness (QED) is 0.612. The first kappa shape index (κ1) is 13.9. The van der Waals surface area contributed by atoms with Gasteiger partial charge in [-0.15, -0.1) is 6.58 Å². The lowest BCUT2D eigenvalue weighted by Gasteiger charge is -2.08. The second-order valence-corrected chi connectivity index (χ2v) is 5.17. The van der Waals surface area contributed by atoms with Gasteiger partial charge in [0.15, 0.2) is 0 Å². The van der Waals surface area contributed by atoms with E-state index in [1.807, 2.05) is 13.1 Å². The number of aromatic nitrogens is 1. The molecule has 1 aromatic heterocycles. The van der Waals surface area contributed by atoms with Crippen LogP contribution in [0.5, 0.6) is 0 Å². The maximum Gasteiger partial charge on any atom is 0.0485 e. The van der Waals surface area contributed by atoms with Gasteiger partial charge in [-0.25, -0.2) is 0 Å². The van der Waals surface area contributed by atoms with Crippen molar-refractivity contribution in [2.75, 3.05) is 7.05 Å². The third kappa shape index (κ3) is 2.74. The van der Waals surface area contributed by atoms with Crippen molar-refractivity contribution in [2.24, 2.45) is 0 Å². The zero-order valence-corrected chi connectivity index (χ0v) is 12.3. The van der Waals surface area contributed by atoms with Crippen molar-refractivity contribution < 1.29 is 0 Å². The molecule has 102 valence electrons. The Kier molecular flexibility index (Phi) is 4.43. The molecule has 19 heavy (non-hydrogen) atoms. The van der Waals surface area contributed by atoms with Crippen LogP contribution in [-0.4, -0.2) is 11.6 Å². The number of allylic oxidation sites excluding steroid dienone is 1. The van der Waals surface area contributed by atoms with Gasteiger partial charge in [0.25, 0.3) is 0 Å². The molecule has 1 heterocycles. The van der Waals surface area contributed by atoms with Crippen LogP contribution >= 0.6 is 0 Å². The van der Waals surface area contributed by atoms with Crippen molar-refractivity contribution in [3.8, 4) is 0 Å². The molecule has 0 spiro atoms. The van der Waals surface area contributed by atoms with Crippen LogP contribution in [0.25, 0.3) is 10.9 Å². The fourth-order valence-electron chi connectivity index (χ4n) is 2.69. The number of unbranched alkanes of at least 4 members (excludes halogenated alkanes) is 1. The zero-order valence-electron chi connectivity index (χ0n) is 12.3. The highest BCUT2D eigenvalue weighted by Crippen LogP contribution is 2.26. The molecule has 2 heteroatoms. The van der Waals surface area contributed by atoms with E-state index in [4.69, 9.17) is 0 Å². The fraction of sp³-hybridized carbons (Fsp3) is 0.412. The first-order valence-corrected chi connectivity index (χ1v) is 7.03. The Morgan fingerprint density at radius 1 is 1.32 bits per heavy atom. The van der Waals surface area contributed by atoms with Crippen molar-refractivity contribution in [2.45, 2.75) is 39.8 Å². The van der Waals surface area contributed by atoms with Crippen LogP contribution < -0.4 is 5.32 Å². The smallest absolute Gasteiger partial charge is 0.0485 e. The van der Waals surface area contributed by atoms with E-state index in [9.17, 15) is 0 Å². The van der Waals surface area contributed by atoms with Gasteiger partial charge in [0.1, 0.15) is 0 Å². The standard InChI is InChI=1S/C17H24N2/c1-5-6-7-10-19-14(3)13(2)16-11-15(12-18-4)8-9-17(16)19/h5,8-9,11,18H,1,6-7,10,12H2,2-4H3. The number of nitrogens with zero attached hydrogens (tertiary/aromatic N) is 1. The molecule has 0 fully saturated rings. The van der Waals surface area contributed by atoms with Crippen LogP contribution in [0.3, 0.4) is 0 Å². The molecular formula is C17H24N2. The van der Waals surface area contributed by atoms with Crippen LogP contribution in [-0.2, 0) is 13.1 Å². The van der Waals surface area contributed by atoms with E-state index in [1.54, 1.807) is 0 Å². The van der Waals surface area contributed by atoms with Gasteiger partial charge in [-0.3, -0.25) is 0 Å². The molecular weight excluding hydrogens is 232 g/mol. The summed E-state index contributed by atoms with van der Waals surface area (Å²) in [5, 5.41) is 4.61. The Hall–Kier alpha value is -1.54. The van der Waals surface area contributed by atoms with E-state index in [0.29, 0.717) is 0 Å².